The summed E-state index contributed by atoms with van der Waals surface area (Å²) in [5.74, 6) is 0.0570. The molecule has 0 aliphatic rings. The lowest BCUT2D eigenvalue weighted by Gasteiger charge is -2.05. The quantitative estimate of drug-likeness (QED) is 0.441. The molecule has 0 aliphatic carbocycles. The summed E-state index contributed by atoms with van der Waals surface area (Å²) < 4.78 is 2.07. The molecule has 0 amide bonds. The second kappa shape index (κ2) is 4.30. The van der Waals surface area contributed by atoms with Crippen molar-refractivity contribution in [2.24, 2.45) is 7.05 Å². The molecule has 0 unspecified atom stereocenters. The van der Waals surface area contributed by atoms with Crippen LogP contribution < -0.4 is 0 Å². The van der Waals surface area contributed by atoms with Gasteiger partial charge in [0.05, 0.1) is 16.4 Å². The molecule has 2 aromatic heterocycles. The van der Waals surface area contributed by atoms with E-state index in [1.807, 2.05) is 55.6 Å². The number of aryl methyl sites for hydroxylation is 1. The molecule has 0 bridgehead atoms. The van der Waals surface area contributed by atoms with E-state index >= 15 is 0 Å². The number of aromatic hydroxyl groups is 1. The van der Waals surface area contributed by atoms with E-state index in [0.29, 0.717) is 5.56 Å². The molecule has 3 aromatic carbocycles. The Morgan fingerprint density at radius 3 is 2.50 bits per heavy atom. The molecule has 5 rings (SSSR count). The maximum Gasteiger partial charge on any atom is 0.144 e. The Kier molecular flexibility index (Phi) is 2.34. The molecule has 0 aliphatic heterocycles. The van der Waals surface area contributed by atoms with Crippen molar-refractivity contribution >= 4 is 43.6 Å². The number of fused-ring (bicyclic) bond motifs is 7. The molecule has 2 heterocycles. The first-order chi connectivity index (χ1) is 11.7. The van der Waals surface area contributed by atoms with Crippen molar-refractivity contribution < 1.29 is 5.11 Å². The maximum atomic E-state index is 10.9. The third-order valence-corrected chi connectivity index (χ3v) is 4.89. The molecule has 0 spiro atoms. The fraction of sp³-hybridized carbons (Fsp3) is 0.0500. The number of aromatic nitrogens is 2. The standard InChI is InChI=1S/C20H13N3O/c1-23-15-9-5-3-7-12(15)17-19(23)18-16(13(10-21)20(17)24)11-6-2-4-8-14(11)22-18/h2-9,22,24H,1H3. The largest absolute Gasteiger partial charge is 0.506 e. The highest BCUT2D eigenvalue weighted by atomic mass is 16.3. The number of hydrogen-bond donors (Lipinski definition) is 2. The number of rotatable bonds is 0. The van der Waals surface area contributed by atoms with Gasteiger partial charge in [0.15, 0.2) is 0 Å². The monoisotopic (exact) mass is 311 g/mol. The van der Waals surface area contributed by atoms with Crippen LogP contribution >= 0.6 is 0 Å². The van der Waals surface area contributed by atoms with Gasteiger partial charge < -0.3 is 14.7 Å². The lowest BCUT2D eigenvalue weighted by atomic mass is 10.0. The topological polar surface area (TPSA) is 64.7 Å². The number of phenols is 1. The number of nitriles is 1. The Morgan fingerprint density at radius 1 is 1.00 bits per heavy atom. The molecular weight excluding hydrogens is 298 g/mol. The summed E-state index contributed by atoms with van der Waals surface area (Å²) in [6.07, 6.45) is 0. The molecule has 4 nitrogen and oxygen atoms in total. The molecule has 2 N–H and O–H groups in total. The Balaban J connectivity index is 2.23. The van der Waals surface area contributed by atoms with Crippen LogP contribution in [0.4, 0.5) is 0 Å². The minimum absolute atomic E-state index is 0.0570. The smallest absolute Gasteiger partial charge is 0.144 e. The SMILES string of the molecule is Cn1c2ccccc2c2c(O)c(C#N)c3c4ccccc4[nH]c3c21. The summed E-state index contributed by atoms with van der Waals surface area (Å²) >= 11 is 0. The molecule has 0 saturated heterocycles. The number of phenolic OH excluding ortho intramolecular Hbond substituents is 1. The number of H-pyrrole nitrogens is 1. The molecular formula is C20H13N3O. The first kappa shape index (κ1) is 13.0. The van der Waals surface area contributed by atoms with Crippen molar-refractivity contribution in [3.8, 4) is 11.8 Å². The zero-order valence-electron chi connectivity index (χ0n) is 13.0. The molecule has 114 valence electrons. The summed E-state index contributed by atoms with van der Waals surface area (Å²) in [7, 11) is 1.99. The molecule has 0 saturated carbocycles. The third-order valence-electron chi connectivity index (χ3n) is 4.89. The van der Waals surface area contributed by atoms with Crippen LogP contribution in [0, 0.1) is 11.3 Å². The van der Waals surface area contributed by atoms with E-state index in [4.69, 9.17) is 0 Å². The van der Waals surface area contributed by atoms with Gasteiger partial charge in [-0.05, 0) is 12.1 Å². The predicted molar refractivity (Wildman–Crippen MR) is 96.2 cm³/mol. The molecule has 0 radical (unpaired) electrons. The lowest BCUT2D eigenvalue weighted by molar-refractivity contribution is 0.481. The van der Waals surface area contributed by atoms with Crippen LogP contribution in [-0.2, 0) is 7.05 Å². The number of nitrogens with one attached hydrogen (secondary N) is 1. The zero-order valence-corrected chi connectivity index (χ0v) is 13.0. The van der Waals surface area contributed by atoms with Gasteiger partial charge in [0, 0.05) is 34.2 Å². The van der Waals surface area contributed by atoms with Gasteiger partial charge in [0.2, 0.25) is 0 Å². The minimum atomic E-state index is 0.0570. The van der Waals surface area contributed by atoms with Gasteiger partial charge in [-0.1, -0.05) is 36.4 Å². The number of para-hydroxylation sites is 2. The van der Waals surface area contributed by atoms with E-state index in [9.17, 15) is 10.4 Å². The highest BCUT2D eigenvalue weighted by Gasteiger charge is 2.22. The van der Waals surface area contributed by atoms with E-state index in [1.165, 1.54) is 0 Å². The van der Waals surface area contributed by atoms with E-state index in [0.717, 1.165) is 43.6 Å². The van der Waals surface area contributed by atoms with Crippen LogP contribution in [0.15, 0.2) is 48.5 Å². The van der Waals surface area contributed by atoms with Gasteiger partial charge in [-0.25, -0.2) is 0 Å². The molecule has 0 fully saturated rings. The van der Waals surface area contributed by atoms with Crippen molar-refractivity contribution in [2.45, 2.75) is 0 Å². The normalized spacial score (nSPS) is 11.7. The van der Waals surface area contributed by atoms with Crippen molar-refractivity contribution in [3.05, 3.63) is 54.1 Å². The average molecular weight is 311 g/mol. The summed E-state index contributed by atoms with van der Waals surface area (Å²) in [4.78, 5) is 3.44. The van der Waals surface area contributed by atoms with Gasteiger partial charge >= 0.3 is 0 Å². The van der Waals surface area contributed by atoms with Crippen LogP contribution in [0.25, 0.3) is 43.6 Å². The second-order valence-electron chi connectivity index (χ2n) is 6.06. The Labute approximate surface area is 137 Å². The predicted octanol–water partition coefficient (Wildman–Crippen LogP) is 4.54. The number of nitrogens with zero attached hydrogens (tertiary/aromatic N) is 2. The van der Waals surface area contributed by atoms with Crippen LogP contribution in [0.2, 0.25) is 0 Å². The second-order valence-corrected chi connectivity index (χ2v) is 6.06. The maximum absolute atomic E-state index is 10.9. The van der Waals surface area contributed by atoms with E-state index in [2.05, 4.69) is 15.6 Å². The van der Waals surface area contributed by atoms with Gasteiger partial charge in [-0.15, -0.1) is 0 Å². The van der Waals surface area contributed by atoms with Crippen molar-refractivity contribution in [1.29, 1.82) is 5.26 Å². The number of hydrogen-bond acceptors (Lipinski definition) is 2. The zero-order chi connectivity index (χ0) is 16.4. The average Bonchev–Trinajstić information content (AvgIpc) is 3.13. The van der Waals surface area contributed by atoms with E-state index < -0.39 is 0 Å². The van der Waals surface area contributed by atoms with Crippen LogP contribution in [0.5, 0.6) is 5.75 Å². The van der Waals surface area contributed by atoms with Gasteiger partial charge in [-0.2, -0.15) is 5.26 Å². The van der Waals surface area contributed by atoms with Crippen LogP contribution in [0.1, 0.15) is 5.56 Å². The highest BCUT2D eigenvalue weighted by Crippen LogP contribution is 2.44. The van der Waals surface area contributed by atoms with Gasteiger partial charge in [0.1, 0.15) is 17.4 Å². The molecule has 0 atom stereocenters. The first-order valence-electron chi connectivity index (χ1n) is 7.75. The first-order valence-corrected chi connectivity index (χ1v) is 7.75. The van der Waals surface area contributed by atoms with Gasteiger partial charge in [-0.3, -0.25) is 0 Å². The third kappa shape index (κ3) is 1.37. The molecule has 5 aromatic rings. The molecule has 4 heteroatoms. The van der Waals surface area contributed by atoms with Crippen LogP contribution in [0.3, 0.4) is 0 Å². The lowest BCUT2D eigenvalue weighted by Crippen LogP contribution is -1.89. The minimum Gasteiger partial charge on any atom is -0.506 e. The summed E-state index contributed by atoms with van der Waals surface area (Å²) in [5.41, 5.74) is 4.11. The van der Waals surface area contributed by atoms with Crippen LogP contribution in [-0.4, -0.2) is 14.7 Å². The Morgan fingerprint density at radius 2 is 1.71 bits per heavy atom. The summed E-state index contributed by atoms with van der Waals surface area (Å²) in [6.45, 7) is 0. The molecule has 24 heavy (non-hydrogen) atoms. The summed E-state index contributed by atoms with van der Waals surface area (Å²) in [5, 5.41) is 24.0. The van der Waals surface area contributed by atoms with E-state index in [1.54, 1.807) is 0 Å². The summed E-state index contributed by atoms with van der Waals surface area (Å²) in [6, 6.07) is 18.0. The number of benzene rings is 3. The van der Waals surface area contributed by atoms with E-state index in [-0.39, 0.29) is 5.75 Å². The highest BCUT2D eigenvalue weighted by molar-refractivity contribution is 6.26. The van der Waals surface area contributed by atoms with Crippen molar-refractivity contribution in [2.75, 3.05) is 0 Å². The fourth-order valence-corrected chi connectivity index (χ4v) is 3.86. The Bertz CT molecular complexity index is 1330. The van der Waals surface area contributed by atoms with Crippen molar-refractivity contribution in [3.63, 3.8) is 0 Å². The van der Waals surface area contributed by atoms with Crippen molar-refractivity contribution in [1.82, 2.24) is 9.55 Å². The van der Waals surface area contributed by atoms with Gasteiger partial charge in [0.25, 0.3) is 0 Å². The Hall–Kier alpha value is -3.45. The fourth-order valence-electron chi connectivity index (χ4n) is 3.86. The number of aromatic amines is 1.